The molecule has 3 heterocycles. The first kappa shape index (κ1) is 18.5. The molecule has 0 radical (unpaired) electrons. The summed E-state index contributed by atoms with van der Waals surface area (Å²) in [4.78, 5) is 12.5. The molecule has 0 bridgehead atoms. The molecule has 28 heavy (non-hydrogen) atoms. The second-order valence-corrected chi connectivity index (χ2v) is 8.23. The molecular formula is C19H17FN4O3S. The third-order valence-electron chi connectivity index (χ3n) is 4.45. The van der Waals surface area contributed by atoms with Crippen LogP contribution in [0.5, 0.6) is 5.75 Å². The average molecular weight is 400 g/mol. The smallest absolute Gasteiger partial charge is 0.243 e. The molecule has 0 N–H and O–H groups in total. The first-order chi connectivity index (χ1) is 13.5. The summed E-state index contributed by atoms with van der Waals surface area (Å²) >= 11 is 0. The van der Waals surface area contributed by atoms with Crippen molar-refractivity contribution in [3.63, 3.8) is 0 Å². The van der Waals surface area contributed by atoms with Gasteiger partial charge in [0, 0.05) is 18.9 Å². The molecule has 1 atom stereocenters. The van der Waals surface area contributed by atoms with Gasteiger partial charge in [0.25, 0.3) is 0 Å². The Labute approximate surface area is 161 Å². The van der Waals surface area contributed by atoms with Crippen molar-refractivity contribution in [3.05, 3.63) is 67.0 Å². The fourth-order valence-corrected chi connectivity index (χ4v) is 4.54. The minimum absolute atomic E-state index is 0.0672. The monoisotopic (exact) mass is 400 g/mol. The predicted molar refractivity (Wildman–Crippen MR) is 99.5 cm³/mol. The van der Waals surface area contributed by atoms with Gasteiger partial charge in [-0.15, -0.1) is 0 Å². The Bertz CT molecular complexity index is 1060. The molecule has 1 unspecified atom stereocenters. The number of aromatic nitrogens is 3. The van der Waals surface area contributed by atoms with Crippen LogP contribution in [0.3, 0.4) is 0 Å². The van der Waals surface area contributed by atoms with E-state index in [0.717, 1.165) is 12.1 Å². The highest BCUT2D eigenvalue weighted by Gasteiger charge is 2.34. The lowest BCUT2D eigenvalue weighted by atomic mass is 10.2. The van der Waals surface area contributed by atoms with Crippen molar-refractivity contribution < 1.29 is 17.5 Å². The van der Waals surface area contributed by atoms with Crippen molar-refractivity contribution in [2.24, 2.45) is 0 Å². The van der Waals surface area contributed by atoms with E-state index in [9.17, 15) is 12.8 Å². The number of halogens is 1. The quantitative estimate of drug-likeness (QED) is 0.654. The molecule has 0 saturated carbocycles. The molecule has 0 aliphatic carbocycles. The highest BCUT2D eigenvalue weighted by molar-refractivity contribution is 7.89. The highest BCUT2D eigenvalue weighted by atomic mass is 32.2. The Balaban J connectivity index is 1.51. The van der Waals surface area contributed by atoms with Crippen LogP contribution < -0.4 is 4.74 Å². The van der Waals surface area contributed by atoms with E-state index in [1.54, 1.807) is 30.6 Å². The van der Waals surface area contributed by atoms with Gasteiger partial charge in [-0.05, 0) is 48.9 Å². The Hall–Kier alpha value is -2.91. The fourth-order valence-electron chi connectivity index (χ4n) is 3.06. The number of rotatable bonds is 5. The molecule has 1 aliphatic heterocycles. The number of ether oxygens (including phenoxy) is 1. The highest BCUT2D eigenvalue weighted by Crippen LogP contribution is 2.29. The van der Waals surface area contributed by atoms with Crippen molar-refractivity contribution >= 4 is 10.0 Å². The van der Waals surface area contributed by atoms with Gasteiger partial charge in [-0.2, -0.15) is 4.31 Å². The van der Waals surface area contributed by atoms with Gasteiger partial charge in [-0.25, -0.2) is 22.8 Å². The summed E-state index contributed by atoms with van der Waals surface area (Å²) in [6.45, 7) is 0.533. The van der Waals surface area contributed by atoms with Crippen molar-refractivity contribution in [2.45, 2.75) is 17.4 Å². The Morgan fingerprint density at radius 3 is 2.64 bits per heavy atom. The standard InChI is InChI=1S/C19H17FN4O3S/c20-14-3-5-16(6-4-14)28(25,26)24-11-8-15(12-24)27-18-2-1-9-22-19(18)17-7-10-21-13-23-17/h1-7,9-10,13,15H,8,11-12H2. The minimum Gasteiger partial charge on any atom is -0.487 e. The summed E-state index contributed by atoms with van der Waals surface area (Å²) in [7, 11) is -3.69. The van der Waals surface area contributed by atoms with Crippen molar-refractivity contribution in [1.82, 2.24) is 19.3 Å². The zero-order chi connectivity index (χ0) is 19.6. The van der Waals surface area contributed by atoms with E-state index in [1.165, 1.54) is 22.8 Å². The van der Waals surface area contributed by atoms with Gasteiger partial charge in [0.05, 0.1) is 17.1 Å². The number of nitrogens with zero attached hydrogens (tertiary/aromatic N) is 4. The summed E-state index contributed by atoms with van der Waals surface area (Å²) < 4.78 is 46.0. The van der Waals surface area contributed by atoms with Crippen LogP contribution in [-0.4, -0.2) is 46.9 Å². The van der Waals surface area contributed by atoms with Gasteiger partial charge in [0.2, 0.25) is 10.0 Å². The zero-order valence-corrected chi connectivity index (χ0v) is 15.6. The van der Waals surface area contributed by atoms with E-state index in [4.69, 9.17) is 4.74 Å². The number of hydrogen-bond donors (Lipinski definition) is 0. The molecule has 2 aromatic heterocycles. The summed E-state index contributed by atoms with van der Waals surface area (Å²) in [6.07, 6.45) is 4.91. The summed E-state index contributed by atoms with van der Waals surface area (Å²) in [6, 6.07) is 10.1. The van der Waals surface area contributed by atoms with E-state index >= 15 is 0 Å². The topological polar surface area (TPSA) is 85.3 Å². The van der Waals surface area contributed by atoms with E-state index in [2.05, 4.69) is 15.0 Å². The van der Waals surface area contributed by atoms with Gasteiger partial charge in [-0.3, -0.25) is 4.98 Å². The van der Waals surface area contributed by atoms with Crippen LogP contribution in [0.25, 0.3) is 11.4 Å². The molecule has 0 spiro atoms. The Kier molecular flexibility index (Phi) is 5.01. The van der Waals surface area contributed by atoms with Gasteiger partial charge in [-0.1, -0.05) is 0 Å². The maximum Gasteiger partial charge on any atom is 0.243 e. The fraction of sp³-hybridized carbons (Fsp3) is 0.211. The maximum atomic E-state index is 13.1. The van der Waals surface area contributed by atoms with Gasteiger partial charge in [0.15, 0.2) is 0 Å². The summed E-state index contributed by atoms with van der Waals surface area (Å²) in [5.74, 6) is 0.0580. The average Bonchev–Trinajstić information content (AvgIpc) is 3.19. The molecule has 0 amide bonds. The number of benzene rings is 1. The lowest BCUT2D eigenvalue weighted by Crippen LogP contribution is -2.31. The summed E-state index contributed by atoms with van der Waals surface area (Å²) in [5.41, 5.74) is 1.20. The number of hydrogen-bond acceptors (Lipinski definition) is 6. The van der Waals surface area contributed by atoms with Crippen molar-refractivity contribution in [1.29, 1.82) is 0 Å². The Morgan fingerprint density at radius 2 is 1.89 bits per heavy atom. The molecule has 1 aliphatic rings. The molecule has 1 saturated heterocycles. The van der Waals surface area contributed by atoms with Crippen LogP contribution in [0.15, 0.2) is 66.1 Å². The molecule has 4 rings (SSSR count). The lowest BCUT2D eigenvalue weighted by Gasteiger charge is -2.18. The van der Waals surface area contributed by atoms with Crippen molar-refractivity contribution in [2.75, 3.05) is 13.1 Å². The number of pyridine rings is 1. The van der Waals surface area contributed by atoms with E-state index in [0.29, 0.717) is 30.1 Å². The number of sulfonamides is 1. The van der Waals surface area contributed by atoms with Crippen LogP contribution >= 0.6 is 0 Å². The maximum absolute atomic E-state index is 13.1. The molecule has 7 nitrogen and oxygen atoms in total. The lowest BCUT2D eigenvalue weighted by molar-refractivity contribution is 0.216. The van der Waals surface area contributed by atoms with E-state index in [1.807, 2.05) is 0 Å². The molecular weight excluding hydrogens is 383 g/mol. The van der Waals surface area contributed by atoms with Gasteiger partial charge < -0.3 is 4.74 Å². The van der Waals surface area contributed by atoms with Crippen LogP contribution in [0.1, 0.15) is 6.42 Å². The zero-order valence-electron chi connectivity index (χ0n) is 14.8. The normalized spacial score (nSPS) is 17.5. The van der Waals surface area contributed by atoms with Crippen LogP contribution in [0.2, 0.25) is 0 Å². The second kappa shape index (κ2) is 7.61. The van der Waals surface area contributed by atoms with E-state index < -0.39 is 15.8 Å². The van der Waals surface area contributed by atoms with Crippen LogP contribution in [-0.2, 0) is 10.0 Å². The molecule has 9 heteroatoms. The largest absolute Gasteiger partial charge is 0.487 e. The second-order valence-electron chi connectivity index (χ2n) is 6.29. The Morgan fingerprint density at radius 1 is 1.07 bits per heavy atom. The van der Waals surface area contributed by atoms with Crippen LogP contribution in [0, 0.1) is 5.82 Å². The minimum atomic E-state index is -3.69. The summed E-state index contributed by atoms with van der Waals surface area (Å²) in [5, 5.41) is 0. The SMILES string of the molecule is O=S(=O)(c1ccc(F)cc1)N1CCC(Oc2cccnc2-c2ccncn2)C1. The van der Waals surface area contributed by atoms with Crippen molar-refractivity contribution in [3.8, 4) is 17.1 Å². The van der Waals surface area contributed by atoms with Gasteiger partial charge in [0.1, 0.15) is 29.7 Å². The third-order valence-corrected chi connectivity index (χ3v) is 6.33. The third kappa shape index (κ3) is 3.71. The van der Waals surface area contributed by atoms with Crippen LogP contribution in [0.4, 0.5) is 4.39 Å². The molecule has 1 aromatic carbocycles. The van der Waals surface area contributed by atoms with E-state index in [-0.39, 0.29) is 17.5 Å². The molecule has 144 valence electrons. The van der Waals surface area contributed by atoms with Gasteiger partial charge >= 0.3 is 0 Å². The first-order valence-corrected chi connectivity index (χ1v) is 10.1. The molecule has 1 fully saturated rings. The first-order valence-electron chi connectivity index (χ1n) is 8.68. The molecule has 3 aromatic rings. The predicted octanol–water partition coefficient (Wildman–Crippen LogP) is 2.52.